The van der Waals surface area contributed by atoms with E-state index < -0.39 is 0 Å². The first-order valence-electron chi connectivity index (χ1n) is 6.35. The van der Waals surface area contributed by atoms with E-state index >= 15 is 0 Å². The molecule has 0 saturated heterocycles. The molecule has 0 aliphatic heterocycles. The third-order valence-corrected chi connectivity index (χ3v) is 4.53. The van der Waals surface area contributed by atoms with E-state index in [1.165, 1.54) is 17.0 Å². The summed E-state index contributed by atoms with van der Waals surface area (Å²) >= 11 is 7.86. The lowest BCUT2D eigenvalue weighted by Crippen LogP contribution is -1.96. The number of fused-ring (bicyclic) bond motifs is 1. The van der Waals surface area contributed by atoms with Crippen LogP contribution in [0.3, 0.4) is 0 Å². The molecule has 0 fully saturated rings. The predicted octanol–water partition coefficient (Wildman–Crippen LogP) is 4.64. The van der Waals surface area contributed by atoms with E-state index in [4.69, 9.17) is 11.6 Å². The fraction of sp³-hybridized carbons (Fsp3) is 0.200. The normalized spacial score (nSPS) is 11.2. The fourth-order valence-corrected chi connectivity index (χ4v) is 3.30. The second-order valence-electron chi connectivity index (χ2n) is 4.52. The molecule has 0 amide bonds. The van der Waals surface area contributed by atoms with E-state index in [1.807, 2.05) is 6.07 Å². The lowest BCUT2D eigenvalue weighted by atomic mass is 10.1. The molecule has 3 aromatic rings. The van der Waals surface area contributed by atoms with Crippen LogP contribution in [0.25, 0.3) is 10.2 Å². The number of rotatable bonds is 3. The van der Waals surface area contributed by atoms with Gasteiger partial charge in [-0.3, -0.25) is 0 Å². The van der Waals surface area contributed by atoms with Crippen LogP contribution in [0.4, 0.5) is 4.39 Å². The van der Waals surface area contributed by atoms with E-state index in [2.05, 4.69) is 16.9 Å². The van der Waals surface area contributed by atoms with Gasteiger partial charge >= 0.3 is 0 Å². The monoisotopic (exact) mass is 306 g/mol. The van der Waals surface area contributed by atoms with Crippen LogP contribution in [0.1, 0.15) is 23.2 Å². The second-order valence-corrected chi connectivity index (χ2v) is 5.99. The first-order chi connectivity index (χ1) is 9.65. The molecule has 0 aliphatic rings. The van der Waals surface area contributed by atoms with Gasteiger partial charge in [-0.05, 0) is 30.2 Å². The maximum atomic E-state index is 12.9. The summed E-state index contributed by atoms with van der Waals surface area (Å²) in [5.74, 6) is 0.424. The van der Waals surface area contributed by atoms with Crippen molar-refractivity contribution in [1.29, 1.82) is 0 Å². The topological polar surface area (TPSA) is 25.8 Å². The third-order valence-electron chi connectivity index (χ3n) is 3.07. The van der Waals surface area contributed by atoms with Gasteiger partial charge in [-0.15, -0.1) is 11.3 Å². The summed E-state index contributed by atoms with van der Waals surface area (Å²) in [5.41, 5.74) is 0.967. The molecule has 0 bridgehead atoms. The van der Waals surface area contributed by atoms with Crippen LogP contribution in [0.5, 0.6) is 0 Å². The van der Waals surface area contributed by atoms with Crippen LogP contribution in [0, 0.1) is 5.82 Å². The van der Waals surface area contributed by atoms with Gasteiger partial charge in [0.25, 0.3) is 0 Å². The Bertz CT molecular complexity index is 752. The molecular formula is C15H12ClFN2S. The quantitative estimate of drug-likeness (QED) is 0.659. The maximum Gasteiger partial charge on any atom is 0.141 e. The van der Waals surface area contributed by atoms with Crippen LogP contribution < -0.4 is 0 Å². The standard InChI is InChI=1S/C15H12ClFN2S/c1-2-11-8-12-14(16)18-13(19-15(12)20-11)7-9-3-5-10(17)6-4-9/h3-6,8H,2,7H2,1H3. The van der Waals surface area contributed by atoms with Gasteiger partial charge in [0.05, 0.1) is 0 Å². The molecule has 0 N–H and O–H groups in total. The molecule has 102 valence electrons. The van der Waals surface area contributed by atoms with Crippen molar-refractivity contribution in [3.05, 3.63) is 57.6 Å². The Labute approximate surface area is 125 Å². The molecule has 0 unspecified atom stereocenters. The highest BCUT2D eigenvalue weighted by atomic mass is 35.5. The first kappa shape index (κ1) is 13.5. The number of hydrogen-bond donors (Lipinski definition) is 0. The van der Waals surface area contributed by atoms with Gasteiger partial charge in [0.1, 0.15) is 21.6 Å². The summed E-state index contributed by atoms with van der Waals surface area (Å²) in [5, 5.41) is 1.40. The van der Waals surface area contributed by atoms with Crippen LogP contribution in [-0.2, 0) is 12.8 Å². The van der Waals surface area contributed by atoms with Crippen LogP contribution in [0.15, 0.2) is 30.3 Å². The summed E-state index contributed by atoms with van der Waals surface area (Å²) < 4.78 is 12.9. The van der Waals surface area contributed by atoms with Gasteiger partial charge in [0, 0.05) is 16.7 Å². The number of halogens is 2. The Hall–Kier alpha value is -1.52. The average molecular weight is 307 g/mol. The minimum atomic E-state index is -0.242. The summed E-state index contributed by atoms with van der Waals surface area (Å²) in [6, 6.07) is 8.40. The zero-order valence-electron chi connectivity index (χ0n) is 10.9. The SMILES string of the molecule is CCc1cc2c(Cl)nc(Cc3ccc(F)cc3)nc2s1. The minimum absolute atomic E-state index is 0.242. The van der Waals surface area contributed by atoms with Crippen LogP contribution in [0.2, 0.25) is 5.15 Å². The third kappa shape index (κ3) is 2.67. The number of benzene rings is 1. The molecule has 1 aromatic carbocycles. The highest BCUT2D eigenvalue weighted by Gasteiger charge is 2.10. The lowest BCUT2D eigenvalue weighted by Gasteiger charge is -2.02. The molecule has 20 heavy (non-hydrogen) atoms. The molecule has 2 aromatic heterocycles. The zero-order chi connectivity index (χ0) is 14.1. The Morgan fingerprint density at radius 2 is 1.95 bits per heavy atom. The molecule has 2 nitrogen and oxygen atoms in total. The van der Waals surface area contributed by atoms with Gasteiger partial charge < -0.3 is 0 Å². The Balaban J connectivity index is 1.97. The molecule has 0 saturated carbocycles. The number of aryl methyl sites for hydroxylation is 1. The maximum absolute atomic E-state index is 12.9. The van der Waals surface area contributed by atoms with Crippen molar-refractivity contribution in [1.82, 2.24) is 9.97 Å². The van der Waals surface area contributed by atoms with E-state index in [-0.39, 0.29) is 5.82 Å². The van der Waals surface area contributed by atoms with E-state index in [1.54, 1.807) is 23.5 Å². The number of hydrogen-bond acceptors (Lipinski definition) is 3. The van der Waals surface area contributed by atoms with Gasteiger partial charge in [-0.1, -0.05) is 30.7 Å². The molecular weight excluding hydrogens is 295 g/mol. The largest absolute Gasteiger partial charge is 0.222 e. The highest BCUT2D eigenvalue weighted by molar-refractivity contribution is 7.18. The zero-order valence-corrected chi connectivity index (χ0v) is 12.4. The van der Waals surface area contributed by atoms with Crippen LogP contribution >= 0.6 is 22.9 Å². The molecule has 5 heteroatoms. The van der Waals surface area contributed by atoms with Crippen molar-refractivity contribution in [3.8, 4) is 0 Å². The summed E-state index contributed by atoms with van der Waals surface area (Å²) in [6.45, 7) is 2.10. The smallest absolute Gasteiger partial charge is 0.141 e. The van der Waals surface area contributed by atoms with Gasteiger partial charge in [0.15, 0.2) is 0 Å². The lowest BCUT2D eigenvalue weighted by molar-refractivity contribution is 0.627. The highest BCUT2D eigenvalue weighted by Crippen LogP contribution is 2.29. The van der Waals surface area contributed by atoms with Crippen molar-refractivity contribution < 1.29 is 4.39 Å². The van der Waals surface area contributed by atoms with Crippen molar-refractivity contribution in [2.75, 3.05) is 0 Å². The Morgan fingerprint density at radius 3 is 2.65 bits per heavy atom. The van der Waals surface area contributed by atoms with E-state index in [0.717, 1.165) is 22.2 Å². The predicted molar refractivity (Wildman–Crippen MR) is 81.0 cm³/mol. The van der Waals surface area contributed by atoms with Crippen LogP contribution in [-0.4, -0.2) is 9.97 Å². The molecule has 0 aliphatic carbocycles. The van der Waals surface area contributed by atoms with E-state index in [9.17, 15) is 4.39 Å². The minimum Gasteiger partial charge on any atom is -0.222 e. The average Bonchev–Trinajstić information content (AvgIpc) is 2.85. The molecule has 0 spiro atoms. The van der Waals surface area contributed by atoms with Crippen molar-refractivity contribution >= 4 is 33.2 Å². The van der Waals surface area contributed by atoms with Crippen molar-refractivity contribution in [2.45, 2.75) is 19.8 Å². The van der Waals surface area contributed by atoms with Crippen molar-refractivity contribution in [2.24, 2.45) is 0 Å². The Morgan fingerprint density at radius 1 is 1.20 bits per heavy atom. The summed E-state index contributed by atoms with van der Waals surface area (Å²) in [7, 11) is 0. The number of thiophene rings is 1. The Kier molecular flexibility index (Phi) is 3.68. The van der Waals surface area contributed by atoms with Gasteiger partial charge in [0.2, 0.25) is 0 Å². The van der Waals surface area contributed by atoms with E-state index in [0.29, 0.717) is 17.4 Å². The summed E-state index contributed by atoms with van der Waals surface area (Å²) in [6.07, 6.45) is 1.51. The number of nitrogens with zero attached hydrogens (tertiary/aromatic N) is 2. The molecule has 3 rings (SSSR count). The van der Waals surface area contributed by atoms with Gasteiger partial charge in [-0.2, -0.15) is 0 Å². The number of aromatic nitrogens is 2. The molecule has 0 radical (unpaired) electrons. The summed E-state index contributed by atoms with van der Waals surface area (Å²) in [4.78, 5) is 11.0. The molecule has 0 atom stereocenters. The van der Waals surface area contributed by atoms with Gasteiger partial charge in [-0.25, -0.2) is 14.4 Å². The first-order valence-corrected chi connectivity index (χ1v) is 7.54. The van der Waals surface area contributed by atoms with Crippen molar-refractivity contribution in [3.63, 3.8) is 0 Å². The second kappa shape index (κ2) is 5.46. The molecule has 2 heterocycles. The fourth-order valence-electron chi connectivity index (χ4n) is 2.02.